The molecule has 0 bridgehead atoms. The summed E-state index contributed by atoms with van der Waals surface area (Å²) >= 11 is 0. The fourth-order valence-corrected chi connectivity index (χ4v) is 1.63. The molecule has 1 amide bonds. The highest BCUT2D eigenvalue weighted by atomic mass is 16.5. The van der Waals surface area contributed by atoms with Crippen LogP contribution in [0.2, 0.25) is 0 Å². The zero-order valence-corrected chi connectivity index (χ0v) is 11.3. The van der Waals surface area contributed by atoms with E-state index in [2.05, 4.69) is 5.32 Å². The van der Waals surface area contributed by atoms with Gasteiger partial charge in [-0.3, -0.25) is 4.79 Å². The van der Waals surface area contributed by atoms with Gasteiger partial charge < -0.3 is 15.8 Å². The maximum Gasteiger partial charge on any atom is 0.252 e. The van der Waals surface area contributed by atoms with Crippen molar-refractivity contribution in [3.63, 3.8) is 0 Å². The van der Waals surface area contributed by atoms with Crippen molar-refractivity contribution in [3.8, 4) is 0 Å². The van der Waals surface area contributed by atoms with Crippen molar-refractivity contribution in [2.24, 2.45) is 5.73 Å². The van der Waals surface area contributed by atoms with Gasteiger partial charge in [0.15, 0.2) is 0 Å². The summed E-state index contributed by atoms with van der Waals surface area (Å²) in [5, 5.41) is 2.89. The molecule has 18 heavy (non-hydrogen) atoms. The molecule has 0 fully saturated rings. The monoisotopic (exact) mass is 250 g/mol. The van der Waals surface area contributed by atoms with Gasteiger partial charge in [-0.25, -0.2) is 0 Å². The fraction of sp³-hybridized carbons (Fsp3) is 0.500. The Bertz CT molecular complexity index is 401. The van der Waals surface area contributed by atoms with Gasteiger partial charge in [-0.2, -0.15) is 0 Å². The Morgan fingerprint density at radius 3 is 2.67 bits per heavy atom. The molecule has 3 N–H and O–H groups in total. The van der Waals surface area contributed by atoms with Crippen LogP contribution in [0.15, 0.2) is 24.3 Å². The molecule has 0 saturated heterocycles. The zero-order chi connectivity index (χ0) is 13.6. The number of nitrogens with one attached hydrogen (secondary N) is 1. The van der Waals surface area contributed by atoms with Gasteiger partial charge in [0.1, 0.15) is 5.60 Å². The van der Waals surface area contributed by atoms with Crippen molar-refractivity contribution in [1.29, 1.82) is 0 Å². The first-order valence-corrected chi connectivity index (χ1v) is 6.17. The predicted molar refractivity (Wildman–Crippen MR) is 71.9 cm³/mol. The lowest BCUT2D eigenvalue weighted by Gasteiger charge is -2.25. The number of carbonyl (C=O) groups excluding carboxylic acids is 1. The van der Waals surface area contributed by atoms with E-state index in [0.29, 0.717) is 19.5 Å². The van der Waals surface area contributed by atoms with Crippen molar-refractivity contribution in [2.75, 3.05) is 7.11 Å². The second kappa shape index (κ2) is 6.52. The summed E-state index contributed by atoms with van der Waals surface area (Å²) in [5.74, 6) is -0.0920. The average Bonchev–Trinajstić information content (AvgIpc) is 2.43. The number of amides is 1. The molecular formula is C14H22N2O2. The Labute approximate surface area is 109 Å². The molecule has 0 aromatic heterocycles. The topological polar surface area (TPSA) is 64.3 Å². The Kier molecular flexibility index (Phi) is 5.31. The lowest BCUT2D eigenvalue weighted by Crippen LogP contribution is -2.45. The molecule has 0 spiro atoms. The van der Waals surface area contributed by atoms with Gasteiger partial charge in [-0.1, -0.05) is 31.2 Å². The van der Waals surface area contributed by atoms with Crippen LogP contribution in [-0.2, 0) is 22.6 Å². The second-order valence-corrected chi connectivity index (χ2v) is 4.50. The Morgan fingerprint density at radius 1 is 1.44 bits per heavy atom. The Balaban J connectivity index is 2.62. The molecular weight excluding hydrogens is 228 g/mol. The number of benzene rings is 1. The smallest absolute Gasteiger partial charge is 0.252 e. The molecule has 0 saturated carbocycles. The average molecular weight is 250 g/mol. The van der Waals surface area contributed by atoms with E-state index in [9.17, 15) is 4.79 Å². The van der Waals surface area contributed by atoms with Crippen LogP contribution in [0, 0.1) is 0 Å². The Hall–Kier alpha value is -1.39. The van der Waals surface area contributed by atoms with E-state index in [1.54, 1.807) is 14.0 Å². The fourth-order valence-electron chi connectivity index (χ4n) is 1.63. The molecule has 0 aliphatic rings. The van der Waals surface area contributed by atoms with E-state index in [0.717, 1.165) is 11.1 Å². The highest BCUT2D eigenvalue weighted by Crippen LogP contribution is 2.14. The van der Waals surface area contributed by atoms with Crippen LogP contribution in [0.5, 0.6) is 0 Å². The summed E-state index contributed by atoms with van der Waals surface area (Å²) in [6, 6.07) is 7.88. The highest BCUT2D eigenvalue weighted by molar-refractivity contribution is 5.84. The number of nitrogens with two attached hydrogens (primary N) is 1. The molecule has 4 nitrogen and oxygen atoms in total. The van der Waals surface area contributed by atoms with Crippen molar-refractivity contribution in [3.05, 3.63) is 35.4 Å². The number of rotatable bonds is 6. The molecule has 0 aliphatic heterocycles. The maximum atomic E-state index is 12.0. The number of methoxy groups -OCH3 is 1. The summed E-state index contributed by atoms with van der Waals surface area (Å²) < 4.78 is 5.25. The number of hydrogen-bond acceptors (Lipinski definition) is 3. The number of hydrogen-bond donors (Lipinski definition) is 2. The van der Waals surface area contributed by atoms with Crippen molar-refractivity contribution in [1.82, 2.24) is 5.32 Å². The van der Waals surface area contributed by atoms with Crippen LogP contribution in [0.4, 0.5) is 0 Å². The van der Waals surface area contributed by atoms with E-state index in [-0.39, 0.29) is 5.91 Å². The number of carbonyl (C=O) groups is 1. The van der Waals surface area contributed by atoms with Crippen molar-refractivity contribution < 1.29 is 9.53 Å². The first kappa shape index (κ1) is 14.7. The van der Waals surface area contributed by atoms with Crippen LogP contribution in [0.25, 0.3) is 0 Å². The van der Waals surface area contributed by atoms with Crippen LogP contribution in [0.3, 0.4) is 0 Å². The highest BCUT2D eigenvalue weighted by Gasteiger charge is 2.30. The third kappa shape index (κ3) is 3.55. The molecule has 0 radical (unpaired) electrons. The second-order valence-electron chi connectivity index (χ2n) is 4.50. The summed E-state index contributed by atoms with van der Waals surface area (Å²) in [7, 11) is 1.55. The van der Waals surface area contributed by atoms with Crippen LogP contribution < -0.4 is 11.1 Å². The van der Waals surface area contributed by atoms with Crippen molar-refractivity contribution >= 4 is 5.91 Å². The SMILES string of the molecule is CCC(C)(OC)C(=O)NCc1cccc(CN)c1. The van der Waals surface area contributed by atoms with Gasteiger partial charge in [0.2, 0.25) is 0 Å². The van der Waals surface area contributed by atoms with Gasteiger partial charge in [0, 0.05) is 20.2 Å². The lowest BCUT2D eigenvalue weighted by molar-refractivity contribution is -0.142. The van der Waals surface area contributed by atoms with Crippen LogP contribution in [-0.4, -0.2) is 18.6 Å². The third-order valence-corrected chi connectivity index (χ3v) is 3.29. The summed E-state index contributed by atoms with van der Waals surface area (Å²) in [6.07, 6.45) is 0.637. The van der Waals surface area contributed by atoms with Crippen molar-refractivity contribution in [2.45, 2.75) is 39.0 Å². The van der Waals surface area contributed by atoms with Gasteiger partial charge in [-0.05, 0) is 24.5 Å². The molecule has 4 heteroatoms. The standard InChI is InChI=1S/C14H22N2O2/c1-4-14(2,18-3)13(17)16-10-12-7-5-6-11(8-12)9-15/h5-8H,4,9-10,15H2,1-3H3,(H,16,17). The maximum absolute atomic E-state index is 12.0. The molecule has 0 heterocycles. The van der Waals surface area contributed by atoms with Crippen LogP contribution >= 0.6 is 0 Å². The molecule has 0 aliphatic carbocycles. The molecule has 100 valence electrons. The van der Waals surface area contributed by atoms with Crippen LogP contribution in [0.1, 0.15) is 31.4 Å². The van der Waals surface area contributed by atoms with E-state index in [1.165, 1.54) is 0 Å². The normalized spacial score (nSPS) is 14.0. The Morgan fingerprint density at radius 2 is 2.11 bits per heavy atom. The minimum absolute atomic E-state index is 0.0920. The van der Waals surface area contributed by atoms with E-state index in [1.807, 2.05) is 31.2 Å². The molecule has 1 aromatic rings. The summed E-state index contributed by atoms with van der Waals surface area (Å²) in [4.78, 5) is 12.0. The van der Waals surface area contributed by atoms with E-state index < -0.39 is 5.60 Å². The minimum atomic E-state index is -0.758. The molecule has 1 rings (SSSR count). The van der Waals surface area contributed by atoms with E-state index >= 15 is 0 Å². The number of ether oxygens (including phenoxy) is 1. The van der Waals surface area contributed by atoms with Gasteiger partial charge in [0.05, 0.1) is 0 Å². The van der Waals surface area contributed by atoms with Gasteiger partial charge in [0.25, 0.3) is 5.91 Å². The molecule has 1 unspecified atom stereocenters. The van der Waals surface area contributed by atoms with Gasteiger partial charge >= 0.3 is 0 Å². The molecule has 1 aromatic carbocycles. The predicted octanol–water partition coefficient (Wildman–Crippen LogP) is 1.58. The minimum Gasteiger partial charge on any atom is -0.369 e. The lowest BCUT2D eigenvalue weighted by atomic mass is 10.0. The quantitative estimate of drug-likeness (QED) is 0.805. The van der Waals surface area contributed by atoms with Gasteiger partial charge in [-0.15, -0.1) is 0 Å². The first-order valence-electron chi connectivity index (χ1n) is 6.17. The summed E-state index contributed by atoms with van der Waals surface area (Å²) in [5.41, 5.74) is 6.93. The largest absolute Gasteiger partial charge is 0.369 e. The first-order chi connectivity index (χ1) is 8.55. The third-order valence-electron chi connectivity index (χ3n) is 3.29. The van der Waals surface area contributed by atoms with E-state index in [4.69, 9.17) is 10.5 Å². The molecule has 1 atom stereocenters. The zero-order valence-electron chi connectivity index (χ0n) is 11.3. The summed E-state index contributed by atoms with van der Waals surface area (Å²) in [6.45, 7) is 4.72.